The highest BCUT2D eigenvalue weighted by Crippen LogP contribution is 2.33. The number of nitrogens with zero attached hydrogens (tertiary/aromatic N) is 2. The average Bonchev–Trinajstić information content (AvgIpc) is 2.30. The van der Waals surface area contributed by atoms with Crippen LogP contribution in [0.15, 0.2) is 36.5 Å². The van der Waals surface area contributed by atoms with E-state index in [-0.39, 0.29) is 11.2 Å². The summed E-state index contributed by atoms with van der Waals surface area (Å²) in [5, 5.41) is 7.57. The van der Waals surface area contributed by atoms with Crippen LogP contribution in [0.2, 0.25) is 0 Å². The molecule has 1 heterocycles. The molecule has 3 nitrogen and oxygen atoms in total. The fraction of sp³-hybridized carbons (Fsp3) is 0.231. The molecule has 88 valence electrons. The lowest BCUT2D eigenvalue weighted by Crippen LogP contribution is -2.21. The SMILES string of the molecule is CC(C)(c1ccc(F)cc1)c1ccnnc1N. The van der Waals surface area contributed by atoms with E-state index in [9.17, 15) is 4.39 Å². The Hall–Kier alpha value is -1.97. The molecule has 0 aliphatic carbocycles. The maximum Gasteiger partial charge on any atom is 0.150 e. The first-order valence-corrected chi connectivity index (χ1v) is 5.35. The Morgan fingerprint density at radius 2 is 1.76 bits per heavy atom. The van der Waals surface area contributed by atoms with E-state index in [1.54, 1.807) is 18.3 Å². The largest absolute Gasteiger partial charge is 0.382 e. The summed E-state index contributed by atoms with van der Waals surface area (Å²) < 4.78 is 12.9. The molecule has 2 aromatic rings. The highest BCUT2D eigenvalue weighted by Gasteiger charge is 2.25. The molecule has 0 saturated carbocycles. The molecule has 4 heteroatoms. The van der Waals surface area contributed by atoms with Gasteiger partial charge in [0.05, 0.1) is 6.20 Å². The van der Waals surface area contributed by atoms with Crippen molar-refractivity contribution in [3.8, 4) is 0 Å². The van der Waals surface area contributed by atoms with Crippen LogP contribution < -0.4 is 5.73 Å². The van der Waals surface area contributed by atoms with Crippen molar-refractivity contribution in [3.05, 3.63) is 53.5 Å². The molecular formula is C13H14FN3. The lowest BCUT2D eigenvalue weighted by Gasteiger charge is -2.26. The Bertz CT molecular complexity index is 520. The molecule has 0 aliphatic rings. The van der Waals surface area contributed by atoms with Gasteiger partial charge in [-0.3, -0.25) is 0 Å². The van der Waals surface area contributed by atoms with Gasteiger partial charge < -0.3 is 5.73 Å². The Morgan fingerprint density at radius 1 is 1.12 bits per heavy atom. The lowest BCUT2D eigenvalue weighted by atomic mass is 9.78. The molecule has 0 bridgehead atoms. The normalized spacial score (nSPS) is 11.5. The number of nitrogens with two attached hydrogens (primary N) is 1. The van der Waals surface area contributed by atoms with E-state index in [2.05, 4.69) is 10.2 Å². The van der Waals surface area contributed by atoms with Gasteiger partial charge in [0, 0.05) is 11.0 Å². The van der Waals surface area contributed by atoms with Gasteiger partial charge in [-0.2, -0.15) is 5.10 Å². The van der Waals surface area contributed by atoms with Gasteiger partial charge in [0.1, 0.15) is 11.6 Å². The third-order valence-corrected chi connectivity index (χ3v) is 2.99. The molecular weight excluding hydrogens is 217 g/mol. The van der Waals surface area contributed by atoms with E-state index in [4.69, 9.17) is 5.73 Å². The summed E-state index contributed by atoms with van der Waals surface area (Å²) in [5.74, 6) is 0.159. The van der Waals surface area contributed by atoms with Gasteiger partial charge in [-0.15, -0.1) is 5.10 Å². The molecule has 0 radical (unpaired) electrons. The van der Waals surface area contributed by atoms with Crippen LogP contribution in [0.1, 0.15) is 25.0 Å². The summed E-state index contributed by atoms with van der Waals surface area (Å²) in [5.41, 5.74) is 7.37. The average molecular weight is 231 g/mol. The minimum Gasteiger partial charge on any atom is -0.382 e. The van der Waals surface area contributed by atoms with Crippen LogP contribution in [-0.2, 0) is 5.41 Å². The quantitative estimate of drug-likeness (QED) is 0.864. The third kappa shape index (κ3) is 2.11. The second-order valence-corrected chi connectivity index (χ2v) is 4.46. The fourth-order valence-electron chi connectivity index (χ4n) is 1.89. The molecule has 0 atom stereocenters. The van der Waals surface area contributed by atoms with Gasteiger partial charge >= 0.3 is 0 Å². The molecule has 2 rings (SSSR count). The topological polar surface area (TPSA) is 51.8 Å². The van der Waals surface area contributed by atoms with Gasteiger partial charge in [0.25, 0.3) is 0 Å². The number of rotatable bonds is 2. The van der Waals surface area contributed by atoms with Gasteiger partial charge in [0.2, 0.25) is 0 Å². The summed E-state index contributed by atoms with van der Waals surface area (Å²) in [6.45, 7) is 4.04. The van der Waals surface area contributed by atoms with E-state index in [1.165, 1.54) is 12.1 Å². The molecule has 0 fully saturated rings. The van der Waals surface area contributed by atoms with Crippen LogP contribution in [0.5, 0.6) is 0 Å². The monoisotopic (exact) mass is 231 g/mol. The minimum absolute atomic E-state index is 0.245. The molecule has 17 heavy (non-hydrogen) atoms. The summed E-state index contributed by atoms with van der Waals surface area (Å²) in [7, 11) is 0. The first kappa shape index (κ1) is 11.5. The Balaban J connectivity index is 2.49. The maximum absolute atomic E-state index is 12.9. The zero-order chi connectivity index (χ0) is 12.5. The van der Waals surface area contributed by atoms with Crippen molar-refractivity contribution in [2.75, 3.05) is 5.73 Å². The van der Waals surface area contributed by atoms with Gasteiger partial charge in [-0.25, -0.2) is 4.39 Å². The van der Waals surface area contributed by atoms with Crippen molar-refractivity contribution in [1.29, 1.82) is 0 Å². The summed E-state index contributed by atoms with van der Waals surface area (Å²) in [6, 6.07) is 8.25. The van der Waals surface area contributed by atoms with Crippen molar-refractivity contribution in [3.63, 3.8) is 0 Å². The lowest BCUT2D eigenvalue weighted by molar-refractivity contribution is 0.613. The second-order valence-electron chi connectivity index (χ2n) is 4.46. The summed E-state index contributed by atoms with van der Waals surface area (Å²) >= 11 is 0. The standard InChI is InChI=1S/C13H14FN3/c1-13(2,9-3-5-10(14)6-4-9)11-7-8-16-17-12(11)15/h3-8H,1-2H3,(H2,15,17). The molecule has 0 unspecified atom stereocenters. The number of anilines is 1. The minimum atomic E-state index is -0.326. The fourth-order valence-corrected chi connectivity index (χ4v) is 1.89. The first-order valence-electron chi connectivity index (χ1n) is 5.35. The van der Waals surface area contributed by atoms with Crippen molar-refractivity contribution < 1.29 is 4.39 Å². The van der Waals surface area contributed by atoms with Crippen LogP contribution in [0.4, 0.5) is 10.2 Å². The van der Waals surface area contributed by atoms with Crippen molar-refractivity contribution >= 4 is 5.82 Å². The van der Waals surface area contributed by atoms with E-state index >= 15 is 0 Å². The number of aromatic nitrogens is 2. The Labute approximate surface area is 99.5 Å². The van der Waals surface area contributed by atoms with Crippen LogP contribution in [0, 0.1) is 5.82 Å². The highest BCUT2D eigenvalue weighted by molar-refractivity contribution is 5.48. The van der Waals surface area contributed by atoms with Crippen LogP contribution in [0.25, 0.3) is 0 Å². The number of nitrogen functional groups attached to an aromatic ring is 1. The number of hydrogen-bond donors (Lipinski definition) is 1. The predicted octanol–water partition coefficient (Wildman–Crippen LogP) is 2.52. The zero-order valence-corrected chi connectivity index (χ0v) is 9.81. The molecule has 0 spiro atoms. The van der Waals surface area contributed by atoms with Gasteiger partial charge in [-0.1, -0.05) is 26.0 Å². The molecule has 0 aliphatic heterocycles. The van der Waals surface area contributed by atoms with Crippen LogP contribution in [0.3, 0.4) is 0 Å². The number of benzene rings is 1. The van der Waals surface area contributed by atoms with Crippen molar-refractivity contribution in [1.82, 2.24) is 10.2 Å². The van der Waals surface area contributed by atoms with Crippen molar-refractivity contribution in [2.24, 2.45) is 0 Å². The van der Waals surface area contributed by atoms with Gasteiger partial charge in [-0.05, 0) is 23.8 Å². The van der Waals surface area contributed by atoms with E-state index in [1.807, 2.05) is 19.9 Å². The van der Waals surface area contributed by atoms with E-state index in [0.717, 1.165) is 11.1 Å². The van der Waals surface area contributed by atoms with E-state index < -0.39 is 0 Å². The molecule has 1 aromatic heterocycles. The summed E-state index contributed by atoms with van der Waals surface area (Å²) in [6.07, 6.45) is 1.61. The van der Waals surface area contributed by atoms with Crippen LogP contribution in [-0.4, -0.2) is 10.2 Å². The first-order chi connectivity index (χ1) is 8.01. The molecule has 2 N–H and O–H groups in total. The summed E-state index contributed by atoms with van der Waals surface area (Å²) in [4.78, 5) is 0. The molecule has 0 saturated heterocycles. The highest BCUT2D eigenvalue weighted by atomic mass is 19.1. The third-order valence-electron chi connectivity index (χ3n) is 2.99. The maximum atomic E-state index is 12.9. The Kier molecular flexibility index (Phi) is 2.79. The Morgan fingerprint density at radius 3 is 2.35 bits per heavy atom. The second kappa shape index (κ2) is 4.13. The smallest absolute Gasteiger partial charge is 0.150 e. The number of hydrogen-bond acceptors (Lipinski definition) is 3. The molecule has 0 amide bonds. The van der Waals surface area contributed by atoms with Gasteiger partial charge in [0.15, 0.2) is 0 Å². The van der Waals surface area contributed by atoms with Crippen molar-refractivity contribution in [2.45, 2.75) is 19.3 Å². The molecule has 1 aromatic carbocycles. The van der Waals surface area contributed by atoms with E-state index in [0.29, 0.717) is 5.82 Å². The number of halogens is 1. The predicted molar refractivity (Wildman–Crippen MR) is 65.0 cm³/mol. The van der Waals surface area contributed by atoms with Crippen LogP contribution >= 0.6 is 0 Å². The zero-order valence-electron chi connectivity index (χ0n) is 9.81.